The molecule has 9 nitrogen and oxygen atoms in total. The molecule has 12 heteroatoms. The molecule has 0 bridgehead atoms. The Morgan fingerprint density at radius 3 is 2.53 bits per heavy atom. The highest BCUT2D eigenvalue weighted by atomic mass is 19.4. The number of aromatic nitrogens is 6. The molecule has 1 N–H and O–H groups in total. The van der Waals surface area contributed by atoms with Gasteiger partial charge >= 0.3 is 6.18 Å². The number of nitrogens with one attached hydrogen (secondary N) is 1. The van der Waals surface area contributed by atoms with Gasteiger partial charge in [0.05, 0.1) is 34.7 Å². The van der Waals surface area contributed by atoms with E-state index in [2.05, 4.69) is 40.4 Å². The van der Waals surface area contributed by atoms with Gasteiger partial charge in [-0.3, -0.25) is 9.97 Å². The molecule has 0 radical (unpaired) electrons. The van der Waals surface area contributed by atoms with Crippen LogP contribution in [-0.4, -0.2) is 29.9 Å². The van der Waals surface area contributed by atoms with Gasteiger partial charge in [-0.2, -0.15) is 18.1 Å². The number of hydrogen-bond donors (Lipinski definition) is 1. The van der Waals surface area contributed by atoms with Crippen LogP contribution in [0.4, 0.5) is 24.7 Å². The monoisotopic (exact) mass is 462 g/mol. The lowest BCUT2D eigenvalue weighted by Crippen LogP contribution is -2.10. The number of alkyl halides is 3. The van der Waals surface area contributed by atoms with Crippen molar-refractivity contribution in [2.45, 2.75) is 12.7 Å². The van der Waals surface area contributed by atoms with Gasteiger partial charge in [-0.1, -0.05) is 17.3 Å². The Labute approximate surface area is 189 Å². The molecule has 0 saturated heterocycles. The van der Waals surface area contributed by atoms with E-state index in [1.807, 2.05) is 24.3 Å². The van der Waals surface area contributed by atoms with Crippen molar-refractivity contribution >= 4 is 33.7 Å². The van der Waals surface area contributed by atoms with Gasteiger partial charge in [-0.05, 0) is 29.8 Å². The second-order valence-corrected chi connectivity index (χ2v) is 7.18. The van der Waals surface area contributed by atoms with E-state index in [4.69, 9.17) is 0 Å². The van der Waals surface area contributed by atoms with Gasteiger partial charge in [0.25, 0.3) is 0 Å². The van der Waals surface area contributed by atoms with Crippen LogP contribution in [0.5, 0.6) is 0 Å². The molecule has 5 rings (SSSR count). The predicted molar refractivity (Wildman–Crippen MR) is 118 cm³/mol. The largest absolute Gasteiger partial charge is 0.418 e. The third-order valence-corrected chi connectivity index (χ3v) is 4.90. The minimum atomic E-state index is -4.72. The lowest BCUT2D eigenvalue weighted by Gasteiger charge is -2.13. The molecule has 0 amide bonds. The minimum Gasteiger partial charge on any atom is -0.337 e. The molecule has 0 aliphatic carbocycles. The predicted octanol–water partition coefficient (Wildman–Crippen LogP) is 5.06. The van der Waals surface area contributed by atoms with Crippen molar-refractivity contribution in [2.24, 2.45) is 5.18 Å². The van der Waals surface area contributed by atoms with Crippen molar-refractivity contribution in [3.05, 3.63) is 77.2 Å². The number of nitroso groups, excluding NO2 is 1. The van der Waals surface area contributed by atoms with E-state index < -0.39 is 24.0 Å². The molecule has 0 aliphatic rings. The van der Waals surface area contributed by atoms with Crippen molar-refractivity contribution in [1.29, 1.82) is 0 Å². The van der Waals surface area contributed by atoms with E-state index >= 15 is 0 Å². The van der Waals surface area contributed by atoms with Crippen molar-refractivity contribution in [1.82, 2.24) is 29.9 Å². The zero-order valence-corrected chi connectivity index (χ0v) is 17.2. The number of nitrogens with zero attached hydrogens (tertiary/aromatic N) is 7. The molecule has 5 aromatic rings. The summed E-state index contributed by atoms with van der Waals surface area (Å²) in [6, 6.07) is 9.85. The summed E-state index contributed by atoms with van der Waals surface area (Å²) in [5, 5.41) is 5.73. The van der Waals surface area contributed by atoms with Crippen LogP contribution in [0, 0.1) is 4.91 Å². The first-order valence-electron chi connectivity index (χ1n) is 9.88. The van der Waals surface area contributed by atoms with E-state index in [-0.39, 0.29) is 16.9 Å². The van der Waals surface area contributed by atoms with Gasteiger partial charge in [0.2, 0.25) is 0 Å². The van der Waals surface area contributed by atoms with Crippen LogP contribution in [0.15, 0.2) is 66.4 Å². The van der Waals surface area contributed by atoms with Gasteiger partial charge in [0.15, 0.2) is 5.65 Å². The van der Waals surface area contributed by atoms with Crippen LogP contribution in [0.2, 0.25) is 0 Å². The second-order valence-electron chi connectivity index (χ2n) is 7.18. The summed E-state index contributed by atoms with van der Waals surface area (Å²) in [5.41, 5.74) is 0.853. The van der Waals surface area contributed by atoms with Crippen molar-refractivity contribution in [2.75, 3.05) is 5.32 Å². The minimum absolute atomic E-state index is 0.0425. The summed E-state index contributed by atoms with van der Waals surface area (Å²) in [5.74, 6) is 0.456. The van der Waals surface area contributed by atoms with Crippen LogP contribution in [-0.2, 0) is 12.7 Å². The number of para-hydroxylation sites is 2. The first-order chi connectivity index (χ1) is 16.4. The second kappa shape index (κ2) is 8.39. The zero-order chi connectivity index (χ0) is 23.7. The lowest BCUT2D eigenvalue weighted by atomic mass is 10.1. The number of rotatable bonds is 5. The molecule has 0 aliphatic heterocycles. The molecule has 0 atom stereocenters. The molecule has 34 heavy (non-hydrogen) atoms. The van der Waals surface area contributed by atoms with Crippen molar-refractivity contribution in [3.63, 3.8) is 0 Å². The Bertz CT molecular complexity index is 1540. The zero-order valence-electron chi connectivity index (χ0n) is 17.2. The van der Waals surface area contributed by atoms with E-state index in [1.54, 1.807) is 12.3 Å². The first-order valence-corrected chi connectivity index (χ1v) is 9.88. The topological polar surface area (TPSA) is 119 Å². The lowest BCUT2D eigenvalue weighted by molar-refractivity contribution is -0.137. The molecule has 4 heterocycles. The molecule has 0 spiro atoms. The average molecular weight is 462 g/mol. The summed E-state index contributed by atoms with van der Waals surface area (Å²) in [6.07, 6.45) is 0.641. The SMILES string of the molecule is O=NCc1cnc(-c2cnc3c(Nc4cnc5ccccc5n4)ccnc3n2)c(C(F)(F)F)c1. The standard InChI is InChI=1S/C22H13F3N8O/c23-22(24,25)13-7-12(9-30-34)8-28-19(13)17-10-29-20-16(5-6-26-21(20)33-17)32-18-11-27-14-3-1-2-4-15(14)31-18/h1-8,10-11H,9H2,(H,26,31,32,33). The molecule has 0 saturated carbocycles. The fraction of sp³-hybridized carbons (Fsp3) is 0.0909. The Morgan fingerprint density at radius 1 is 0.912 bits per heavy atom. The van der Waals surface area contributed by atoms with Crippen LogP contribution >= 0.6 is 0 Å². The number of fused-ring (bicyclic) bond motifs is 2. The van der Waals surface area contributed by atoms with Crippen LogP contribution in [0.3, 0.4) is 0 Å². The number of benzene rings is 1. The van der Waals surface area contributed by atoms with Crippen LogP contribution in [0.1, 0.15) is 11.1 Å². The van der Waals surface area contributed by atoms with Crippen LogP contribution < -0.4 is 5.32 Å². The summed E-state index contributed by atoms with van der Waals surface area (Å²) < 4.78 is 41.0. The number of halogens is 3. The Morgan fingerprint density at radius 2 is 1.74 bits per heavy atom. The molecule has 0 unspecified atom stereocenters. The normalized spacial score (nSPS) is 11.6. The maximum Gasteiger partial charge on any atom is 0.418 e. The molecule has 0 fully saturated rings. The quantitative estimate of drug-likeness (QED) is 0.360. The molecular weight excluding hydrogens is 449 g/mol. The smallest absolute Gasteiger partial charge is 0.337 e. The van der Waals surface area contributed by atoms with Gasteiger partial charge < -0.3 is 5.32 Å². The highest BCUT2D eigenvalue weighted by Gasteiger charge is 2.35. The Hall–Kier alpha value is -4.61. The maximum absolute atomic E-state index is 13.7. The molecular formula is C22H13F3N8O. The third kappa shape index (κ3) is 4.08. The maximum atomic E-state index is 13.7. The van der Waals surface area contributed by atoms with E-state index in [9.17, 15) is 18.1 Å². The highest BCUT2D eigenvalue weighted by Crippen LogP contribution is 2.36. The highest BCUT2D eigenvalue weighted by molar-refractivity contribution is 5.88. The van der Waals surface area contributed by atoms with Gasteiger partial charge in [0.1, 0.15) is 29.3 Å². The molecule has 168 valence electrons. The van der Waals surface area contributed by atoms with Crippen molar-refractivity contribution in [3.8, 4) is 11.4 Å². The van der Waals surface area contributed by atoms with Gasteiger partial charge in [-0.15, -0.1) is 0 Å². The fourth-order valence-electron chi connectivity index (χ4n) is 3.38. The summed E-state index contributed by atoms with van der Waals surface area (Å²) in [6.45, 7) is -0.423. The fourth-order valence-corrected chi connectivity index (χ4v) is 3.38. The molecule has 1 aromatic carbocycles. The van der Waals surface area contributed by atoms with Crippen molar-refractivity contribution < 1.29 is 13.2 Å². The third-order valence-electron chi connectivity index (χ3n) is 4.90. The van der Waals surface area contributed by atoms with E-state index in [1.165, 1.54) is 12.4 Å². The van der Waals surface area contributed by atoms with E-state index in [0.717, 1.165) is 17.8 Å². The van der Waals surface area contributed by atoms with Gasteiger partial charge in [0, 0.05) is 12.4 Å². The summed E-state index contributed by atoms with van der Waals surface area (Å²) >= 11 is 0. The van der Waals surface area contributed by atoms with E-state index in [0.29, 0.717) is 22.5 Å². The average Bonchev–Trinajstić information content (AvgIpc) is 2.83. The Kier molecular flexibility index (Phi) is 5.24. The van der Waals surface area contributed by atoms with Gasteiger partial charge in [-0.25, -0.2) is 19.9 Å². The Balaban J connectivity index is 1.55. The number of anilines is 2. The summed E-state index contributed by atoms with van der Waals surface area (Å²) in [7, 11) is 0. The summed E-state index contributed by atoms with van der Waals surface area (Å²) in [4.78, 5) is 35.9. The number of hydrogen-bond acceptors (Lipinski definition) is 9. The first kappa shape index (κ1) is 21.2. The number of pyridine rings is 2. The van der Waals surface area contributed by atoms with Crippen LogP contribution in [0.25, 0.3) is 33.6 Å². The molecule has 4 aromatic heterocycles.